The molecule has 0 spiro atoms. The first-order chi connectivity index (χ1) is 10.5. The van der Waals surface area contributed by atoms with Crippen LogP contribution in [-0.2, 0) is 21.3 Å². The van der Waals surface area contributed by atoms with Gasteiger partial charge in [0.25, 0.3) is 0 Å². The maximum Gasteiger partial charge on any atom is 0.239 e. The number of amides is 1. The van der Waals surface area contributed by atoms with Gasteiger partial charge in [-0.05, 0) is 29.8 Å². The second kappa shape index (κ2) is 7.51. The normalized spacial score (nSPS) is 12.0. The van der Waals surface area contributed by atoms with Crippen LogP contribution in [0.3, 0.4) is 0 Å². The third-order valence-electron chi connectivity index (χ3n) is 3.13. The van der Waals surface area contributed by atoms with Crippen LogP contribution in [0.1, 0.15) is 5.56 Å². The molecule has 1 amide bonds. The molecular formula is C16H15ClFNO2S. The summed E-state index contributed by atoms with van der Waals surface area (Å²) in [4.78, 5) is 13.6. The Morgan fingerprint density at radius 3 is 2.55 bits per heavy atom. The van der Waals surface area contributed by atoms with Crippen LogP contribution < -0.4 is 4.90 Å². The van der Waals surface area contributed by atoms with E-state index in [0.717, 1.165) is 5.69 Å². The summed E-state index contributed by atoms with van der Waals surface area (Å²) in [5.41, 5.74) is 1.31. The van der Waals surface area contributed by atoms with Crippen molar-refractivity contribution in [3.8, 4) is 0 Å². The van der Waals surface area contributed by atoms with Gasteiger partial charge >= 0.3 is 0 Å². The van der Waals surface area contributed by atoms with Crippen LogP contribution in [0.4, 0.5) is 10.1 Å². The van der Waals surface area contributed by atoms with Crippen LogP contribution in [0.2, 0.25) is 5.02 Å². The van der Waals surface area contributed by atoms with Gasteiger partial charge < -0.3 is 4.90 Å². The molecule has 0 radical (unpaired) electrons. The zero-order chi connectivity index (χ0) is 16.1. The van der Waals surface area contributed by atoms with Gasteiger partial charge in [0.15, 0.2) is 0 Å². The molecule has 0 saturated carbocycles. The summed E-state index contributed by atoms with van der Waals surface area (Å²) < 4.78 is 25.1. The Morgan fingerprint density at radius 1 is 1.23 bits per heavy atom. The Kier molecular flexibility index (Phi) is 5.69. The van der Waals surface area contributed by atoms with Crippen molar-refractivity contribution < 1.29 is 13.4 Å². The van der Waals surface area contributed by atoms with Crippen LogP contribution in [-0.4, -0.2) is 22.9 Å². The molecule has 2 aromatic carbocycles. The van der Waals surface area contributed by atoms with E-state index in [9.17, 15) is 13.4 Å². The van der Waals surface area contributed by atoms with E-state index in [1.54, 1.807) is 19.2 Å². The number of halogens is 2. The average molecular weight is 340 g/mol. The van der Waals surface area contributed by atoms with Crippen LogP contribution in [0.5, 0.6) is 0 Å². The fraction of sp³-hybridized carbons (Fsp3) is 0.188. The molecule has 0 aromatic heterocycles. The first-order valence-electron chi connectivity index (χ1n) is 6.58. The topological polar surface area (TPSA) is 37.4 Å². The van der Waals surface area contributed by atoms with E-state index < -0.39 is 16.6 Å². The number of benzene rings is 2. The maximum absolute atomic E-state index is 13.0. The fourth-order valence-corrected chi connectivity index (χ4v) is 3.38. The number of nitrogens with zero attached hydrogens (tertiary/aromatic N) is 1. The second-order valence-corrected chi connectivity index (χ2v) is 6.62. The minimum Gasteiger partial charge on any atom is -0.315 e. The summed E-state index contributed by atoms with van der Waals surface area (Å²) >= 11 is 5.90. The van der Waals surface area contributed by atoms with E-state index in [4.69, 9.17) is 11.6 Å². The van der Waals surface area contributed by atoms with E-state index >= 15 is 0 Å². The van der Waals surface area contributed by atoms with Gasteiger partial charge in [0.05, 0.1) is 5.75 Å². The molecule has 0 aliphatic carbocycles. The molecule has 1 atom stereocenters. The molecule has 0 N–H and O–H groups in total. The fourth-order valence-electron chi connectivity index (χ4n) is 1.89. The highest BCUT2D eigenvalue weighted by molar-refractivity contribution is 7.85. The van der Waals surface area contributed by atoms with E-state index in [-0.39, 0.29) is 22.4 Å². The van der Waals surface area contributed by atoms with Gasteiger partial charge in [-0.3, -0.25) is 9.00 Å². The Labute approximate surface area is 136 Å². The van der Waals surface area contributed by atoms with E-state index in [1.807, 2.05) is 18.2 Å². The molecule has 116 valence electrons. The molecule has 0 aliphatic heterocycles. The molecule has 22 heavy (non-hydrogen) atoms. The summed E-state index contributed by atoms with van der Waals surface area (Å²) in [6.07, 6.45) is 0. The Hall–Kier alpha value is -1.72. The van der Waals surface area contributed by atoms with Crippen molar-refractivity contribution in [1.29, 1.82) is 0 Å². The van der Waals surface area contributed by atoms with Crippen LogP contribution in [0.25, 0.3) is 0 Å². The lowest BCUT2D eigenvalue weighted by molar-refractivity contribution is -0.115. The van der Waals surface area contributed by atoms with Crippen molar-refractivity contribution in [1.82, 2.24) is 0 Å². The highest BCUT2D eigenvalue weighted by Gasteiger charge is 2.15. The molecule has 0 bridgehead atoms. The van der Waals surface area contributed by atoms with Crippen LogP contribution >= 0.6 is 11.6 Å². The summed E-state index contributed by atoms with van der Waals surface area (Å²) in [5, 5.41) is 0.220. The molecule has 0 heterocycles. The third kappa shape index (κ3) is 4.39. The second-order valence-electron chi connectivity index (χ2n) is 4.75. The van der Waals surface area contributed by atoms with Gasteiger partial charge in [-0.2, -0.15) is 0 Å². The molecule has 2 aromatic rings. The van der Waals surface area contributed by atoms with Crippen molar-refractivity contribution >= 4 is 34.0 Å². The van der Waals surface area contributed by atoms with Gasteiger partial charge in [-0.15, -0.1) is 0 Å². The first kappa shape index (κ1) is 16.6. The van der Waals surface area contributed by atoms with Gasteiger partial charge in [-0.25, -0.2) is 4.39 Å². The van der Waals surface area contributed by atoms with Crippen molar-refractivity contribution in [2.45, 2.75) is 5.75 Å². The summed E-state index contributed by atoms with van der Waals surface area (Å²) in [5.74, 6) is -0.686. The number of para-hydroxylation sites is 1. The summed E-state index contributed by atoms with van der Waals surface area (Å²) in [6, 6.07) is 13.0. The van der Waals surface area contributed by atoms with Crippen molar-refractivity contribution in [3.63, 3.8) is 0 Å². The quantitative estimate of drug-likeness (QED) is 0.837. The van der Waals surface area contributed by atoms with Gasteiger partial charge in [0.1, 0.15) is 11.6 Å². The first-order valence-corrected chi connectivity index (χ1v) is 8.44. The predicted molar refractivity (Wildman–Crippen MR) is 88.0 cm³/mol. The smallest absolute Gasteiger partial charge is 0.239 e. The minimum atomic E-state index is -1.41. The maximum atomic E-state index is 13.0. The van der Waals surface area contributed by atoms with E-state index in [0.29, 0.717) is 5.56 Å². The molecule has 2 rings (SSSR count). The highest BCUT2D eigenvalue weighted by atomic mass is 35.5. The zero-order valence-electron chi connectivity index (χ0n) is 12.0. The van der Waals surface area contributed by atoms with Crippen LogP contribution in [0, 0.1) is 5.82 Å². The molecular weight excluding hydrogens is 325 g/mol. The number of anilines is 1. The molecule has 0 fully saturated rings. The molecule has 0 unspecified atom stereocenters. The molecule has 3 nitrogen and oxygen atoms in total. The monoisotopic (exact) mass is 339 g/mol. The van der Waals surface area contributed by atoms with Crippen molar-refractivity contribution in [3.05, 3.63) is 64.9 Å². The third-order valence-corrected chi connectivity index (χ3v) is 4.69. The average Bonchev–Trinajstić information content (AvgIpc) is 2.50. The molecule has 6 heteroatoms. The van der Waals surface area contributed by atoms with E-state index in [1.165, 1.54) is 23.1 Å². The molecule has 0 aliphatic rings. The summed E-state index contributed by atoms with van der Waals surface area (Å²) in [6.45, 7) is 0. The number of carbonyl (C=O) groups excluding carboxylic acids is 1. The standard InChI is InChI=1S/C16H15ClFNO2S/c1-19(14-5-3-2-4-6-14)16(20)11-22(21)10-12-7-8-13(18)9-15(12)17/h2-9H,10-11H2,1H3/t22-/m0/s1. The minimum absolute atomic E-state index is 0.112. The SMILES string of the molecule is CN(C(=O)C[S@@](=O)Cc1ccc(F)cc1Cl)c1ccccc1. The number of hydrogen-bond donors (Lipinski definition) is 0. The Morgan fingerprint density at radius 2 is 1.91 bits per heavy atom. The number of carbonyl (C=O) groups is 1. The lowest BCUT2D eigenvalue weighted by Crippen LogP contribution is -2.31. The number of hydrogen-bond acceptors (Lipinski definition) is 2. The zero-order valence-corrected chi connectivity index (χ0v) is 13.5. The lowest BCUT2D eigenvalue weighted by Gasteiger charge is -2.17. The van der Waals surface area contributed by atoms with Crippen molar-refractivity contribution in [2.24, 2.45) is 0 Å². The summed E-state index contributed by atoms with van der Waals surface area (Å²) in [7, 11) is 0.228. The molecule has 0 saturated heterocycles. The Bertz CT molecular complexity index is 694. The lowest BCUT2D eigenvalue weighted by atomic mass is 10.2. The predicted octanol–water partition coefficient (Wildman–Crippen LogP) is 3.39. The van der Waals surface area contributed by atoms with E-state index in [2.05, 4.69) is 0 Å². The number of rotatable bonds is 5. The van der Waals surface area contributed by atoms with Gasteiger partial charge in [0.2, 0.25) is 5.91 Å². The van der Waals surface area contributed by atoms with Gasteiger partial charge in [0, 0.05) is 28.6 Å². The largest absolute Gasteiger partial charge is 0.315 e. The Balaban J connectivity index is 1.98. The van der Waals surface area contributed by atoms with Crippen molar-refractivity contribution in [2.75, 3.05) is 17.7 Å². The highest BCUT2D eigenvalue weighted by Crippen LogP contribution is 2.19. The van der Waals surface area contributed by atoms with Crippen LogP contribution in [0.15, 0.2) is 48.5 Å². The van der Waals surface area contributed by atoms with Gasteiger partial charge in [-0.1, -0.05) is 35.9 Å².